The molecule has 24 nitrogen and oxygen atoms in total. The lowest BCUT2D eigenvalue weighted by Gasteiger charge is -2.22. The topological polar surface area (TPSA) is 393 Å². The summed E-state index contributed by atoms with van der Waals surface area (Å²) in [5, 5.41) is 51.1. The highest BCUT2D eigenvalue weighted by atomic mass is 32.1. The number of aliphatic carboxylic acids is 4. The normalized spacial score (nSPS) is 13.6. The zero-order valence-electron chi connectivity index (χ0n) is 42.2. The van der Waals surface area contributed by atoms with E-state index in [-0.39, 0.29) is 93.9 Å². The molecule has 2 aromatic carbocycles. The van der Waals surface area contributed by atoms with Crippen molar-refractivity contribution in [3.05, 3.63) is 71.8 Å². The molecular weight excluding hydrogens is 1010 g/mol. The van der Waals surface area contributed by atoms with Gasteiger partial charge in [-0.2, -0.15) is 12.6 Å². The number of ether oxygens (including phenoxy) is 1. The van der Waals surface area contributed by atoms with E-state index in [1.165, 1.54) is 0 Å². The Labute approximate surface area is 445 Å². The number of urea groups is 1. The molecule has 76 heavy (non-hydrogen) atoms. The van der Waals surface area contributed by atoms with Crippen LogP contribution in [-0.4, -0.2) is 141 Å². The Morgan fingerprint density at radius 1 is 0.553 bits per heavy atom. The predicted octanol–water partition coefficient (Wildman–Crippen LogP) is 1.80. The summed E-state index contributed by atoms with van der Waals surface area (Å²) in [6.45, 7) is -0.394. The maximum Gasteiger partial charge on any atom is 0.327 e. The van der Waals surface area contributed by atoms with Gasteiger partial charge in [0.25, 0.3) is 6.47 Å². The first-order chi connectivity index (χ1) is 36.2. The van der Waals surface area contributed by atoms with Crippen LogP contribution in [0.15, 0.2) is 60.7 Å². The number of thiol groups is 1. The highest BCUT2D eigenvalue weighted by Gasteiger charge is 2.31. The van der Waals surface area contributed by atoms with Gasteiger partial charge in [-0.1, -0.05) is 86.3 Å². The Bertz CT molecular complexity index is 2240. The Hall–Kier alpha value is -7.41. The zero-order valence-corrected chi connectivity index (χ0v) is 43.0. The minimum absolute atomic E-state index is 0.0177. The molecular formula is C51H71N7O17S. The van der Waals surface area contributed by atoms with Crippen molar-refractivity contribution in [2.24, 2.45) is 11.7 Å². The van der Waals surface area contributed by atoms with Gasteiger partial charge < -0.3 is 62.8 Å². The average molecular weight is 1090 g/mol. The van der Waals surface area contributed by atoms with Crippen molar-refractivity contribution in [2.45, 2.75) is 152 Å². The van der Waals surface area contributed by atoms with Crippen molar-refractivity contribution >= 4 is 84.2 Å². The molecule has 0 radical (unpaired) electrons. The summed E-state index contributed by atoms with van der Waals surface area (Å²) in [5.74, 6) is -9.78. The highest BCUT2D eigenvalue weighted by molar-refractivity contribution is 7.80. The first kappa shape index (κ1) is 64.7. The number of nitrogens with two attached hydrogens (primary N) is 1. The van der Waals surface area contributed by atoms with Crippen LogP contribution in [0.2, 0.25) is 0 Å². The molecule has 2 aromatic rings. The first-order valence-corrected chi connectivity index (χ1v) is 25.6. The summed E-state index contributed by atoms with van der Waals surface area (Å²) in [6.07, 6.45) is 2.23. The van der Waals surface area contributed by atoms with Crippen LogP contribution in [-0.2, 0) is 70.3 Å². The van der Waals surface area contributed by atoms with Crippen LogP contribution >= 0.6 is 12.6 Å². The lowest BCUT2D eigenvalue weighted by molar-refractivity contribution is -0.143. The largest absolute Gasteiger partial charge is 0.481 e. The van der Waals surface area contributed by atoms with Crippen LogP contribution in [0, 0.1) is 5.92 Å². The number of carboxylic acids is 4. The van der Waals surface area contributed by atoms with E-state index >= 15 is 0 Å². The van der Waals surface area contributed by atoms with Gasteiger partial charge in [-0.05, 0) is 56.1 Å². The fourth-order valence-electron chi connectivity index (χ4n) is 7.70. The minimum atomic E-state index is -1.68. The molecule has 418 valence electrons. The zero-order chi connectivity index (χ0) is 56.4. The summed E-state index contributed by atoms with van der Waals surface area (Å²) in [7, 11) is 0. The van der Waals surface area contributed by atoms with Crippen molar-refractivity contribution in [3.8, 4) is 0 Å². The molecule has 25 heteroatoms. The molecule has 2 rings (SSSR count). The second-order valence-electron chi connectivity index (χ2n) is 18.0. The number of carbonyl (C=O) groups is 12. The maximum atomic E-state index is 13.8. The summed E-state index contributed by atoms with van der Waals surface area (Å²) >= 11 is 3.86. The summed E-state index contributed by atoms with van der Waals surface area (Å²) in [6, 6.07) is 10.3. The second-order valence-corrected chi connectivity index (χ2v) is 18.4. The van der Waals surface area contributed by atoms with Gasteiger partial charge in [-0.15, -0.1) is 0 Å². The van der Waals surface area contributed by atoms with Gasteiger partial charge in [0.1, 0.15) is 30.0 Å². The van der Waals surface area contributed by atoms with Crippen molar-refractivity contribution < 1.29 is 82.7 Å². The molecule has 0 spiro atoms. The quantitative estimate of drug-likeness (QED) is 0.0195. The fraction of sp³-hybridized carbons (Fsp3) is 0.529. The Morgan fingerprint density at radius 3 is 1.70 bits per heavy atom. The number of carboxylic acid groups (broad SMARTS) is 4. The van der Waals surface area contributed by atoms with E-state index in [0.29, 0.717) is 25.7 Å². The minimum Gasteiger partial charge on any atom is -0.481 e. The standard InChI is InChI=1S/C51H71N7O17S/c52-36(47(68)55-39(28-45(65)66)48(69)56-40(30-76)50(72)73)29-53-46(67)34(26-32-14-7-5-8-15-32)18-13-20-41(61)38(27-33-16-9-6-10-17-33)54-42(62)21-12-4-2-1-3-11-19-35(60)22-23-37(49(70)71)57-51(74)58-43(75-31-59)24-25-44(63)64/h5-10,14-17,31,34,36-40,43,76H,1-4,11-13,18-30,52H2,(H,53,67)(H,54,62)(H,55,68)(H,56,69)(H,63,64)(H,65,66)(H,70,71)(H,72,73)(H2,57,58,74)/t34-,36-,37-,38-,39-,40-,43+/m0/s1. The number of Topliss-reactive ketones (excluding diaryl/α,β-unsaturated/α-hetero) is 2. The third-order valence-electron chi connectivity index (χ3n) is 11.9. The van der Waals surface area contributed by atoms with Crippen LogP contribution in [0.1, 0.15) is 114 Å². The van der Waals surface area contributed by atoms with Crippen molar-refractivity contribution in [1.82, 2.24) is 31.9 Å². The van der Waals surface area contributed by atoms with Gasteiger partial charge in [0, 0.05) is 50.3 Å². The highest BCUT2D eigenvalue weighted by Crippen LogP contribution is 2.18. The molecule has 0 fully saturated rings. The van der Waals surface area contributed by atoms with Crippen LogP contribution in [0.25, 0.3) is 0 Å². The van der Waals surface area contributed by atoms with Crippen molar-refractivity contribution in [3.63, 3.8) is 0 Å². The number of unbranched alkanes of at least 4 members (excludes halogenated alkanes) is 5. The van der Waals surface area contributed by atoms with Gasteiger partial charge in [-0.3, -0.25) is 43.2 Å². The monoisotopic (exact) mass is 1090 g/mol. The molecule has 0 bridgehead atoms. The number of benzene rings is 2. The Kier molecular flexibility index (Phi) is 31.1. The van der Waals surface area contributed by atoms with E-state index in [2.05, 4.69) is 49.3 Å². The third-order valence-corrected chi connectivity index (χ3v) is 12.2. The number of nitrogens with one attached hydrogen (secondary N) is 6. The van der Waals surface area contributed by atoms with Gasteiger partial charge in [-0.25, -0.2) is 14.4 Å². The maximum absolute atomic E-state index is 13.8. The van der Waals surface area contributed by atoms with Crippen LogP contribution in [0.4, 0.5) is 4.79 Å². The number of hydrogen-bond acceptors (Lipinski definition) is 15. The number of ketones is 2. The van der Waals surface area contributed by atoms with Crippen molar-refractivity contribution in [1.29, 1.82) is 0 Å². The van der Waals surface area contributed by atoms with Gasteiger partial charge in [0.05, 0.1) is 18.9 Å². The molecule has 7 atom stereocenters. The van der Waals surface area contributed by atoms with E-state index in [1.807, 2.05) is 48.5 Å². The van der Waals surface area contributed by atoms with Crippen LogP contribution < -0.4 is 37.6 Å². The smallest absolute Gasteiger partial charge is 0.327 e. The van der Waals surface area contributed by atoms with E-state index in [9.17, 15) is 72.9 Å². The molecule has 0 saturated carbocycles. The van der Waals surface area contributed by atoms with Crippen molar-refractivity contribution in [2.75, 3.05) is 12.3 Å². The number of rotatable bonds is 41. The van der Waals surface area contributed by atoms with Gasteiger partial charge >= 0.3 is 29.9 Å². The van der Waals surface area contributed by atoms with Gasteiger partial charge in [0.2, 0.25) is 23.6 Å². The lowest BCUT2D eigenvalue weighted by Crippen LogP contribution is -2.57. The Morgan fingerprint density at radius 2 is 1.13 bits per heavy atom. The molecule has 0 aliphatic rings. The predicted molar refractivity (Wildman–Crippen MR) is 275 cm³/mol. The molecule has 6 amide bonds. The first-order valence-electron chi connectivity index (χ1n) is 24.9. The molecule has 12 N–H and O–H groups in total. The number of hydrogen-bond donors (Lipinski definition) is 12. The Balaban J connectivity index is 1.89. The molecule has 0 saturated heterocycles. The third kappa shape index (κ3) is 27.8. The van der Waals surface area contributed by atoms with Gasteiger partial charge in [0.15, 0.2) is 12.0 Å². The molecule has 0 unspecified atom stereocenters. The summed E-state index contributed by atoms with van der Waals surface area (Å²) < 4.78 is 4.62. The van der Waals surface area contributed by atoms with E-state index in [1.54, 1.807) is 12.1 Å². The van der Waals surface area contributed by atoms with E-state index in [0.717, 1.165) is 24.0 Å². The van der Waals surface area contributed by atoms with Crippen LogP contribution in [0.5, 0.6) is 0 Å². The number of amides is 6. The van der Waals surface area contributed by atoms with Crippen LogP contribution in [0.3, 0.4) is 0 Å². The fourth-order valence-corrected chi connectivity index (χ4v) is 7.94. The van der Waals surface area contributed by atoms with E-state index < -0.39 is 109 Å². The molecule has 0 aliphatic heterocycles. The lowest BCUT2D eigenvalue weighted by atomic mass is 9.91. The second kappa shape index (κ2) is 36.5. The molecule has 0 aliphatic carbocycles. The summed E-state index contributed by atoms with van der Waals surface area (Å²) in [5.41, 5.74) is 7.68. The average Bonchev–Trinajstić information content (AvgIpc) is 3.37. The SMILES string of the molecule is N[C@@H](CNC(=O)[C@@H](CCCC(=O)[C@H](Cc1ccccc1)NC(=O)CCCCCCCCC(=O)CC[C@H](NC(=O)N[C@@H](CCC(=O)O)OC=O)C(=O)O)Cc1ccccc1)C(=O)N[C@@H](CC(=O)O)C(=O)N[C@@H](CS)C(=O)O. The van der Waals surface area contributed by atoms with E-state index in [4.69, 9.17) is 10.8 Å². The molecule has 0 aromatic heterocycles. The summed E-state index contributed by atoms with van der Waals surface area (Å²) in [4.78, 5) is 147. The number of carbonyl (C=O) groups excluding carboxylic acids is 8. The molecule has 0 heterocycles.